The van der Waals surface area contributed by atoms with Gasteiger partial charge in [0.1, 0.15) is 23.7 Å². The Morgan fingerprint density at radius 2 is 1.65 bits per heavy atom. The van der Waals surface area contributed by atoms with Gasteiger partial charge in [0, 0.05) is 18.5 Å². The van der Waals surface area contributed by atoms with Crippen molar-refractivity contribution in [2.75, 3.05) is 13.2 Å². The largest absolute Gasteiger partial charge is 0.464 e. The second-order valence-electron chi connectivity index (χ2n) is 15.0. The van der Waals surface area contributed by atoms with Crippen LogP contribution < -0.4 is 20.7 Å². The van der Waals surface area contributed by atoms with Crippen LogP contribution in [0.4, 0.5) is 0 Å². The summed E-state index contributed by atoms with van der Waals surface area (Å²) in [5, 5.41) is 12.6. The summed E-state index contributed by atoms with van der Waals surface area (Å²) >= 11 is 0. The molecular weight excluding hydrogens is 690 g/mol. The van der Waals surface area contributed by atoms with E-state index in [1.807, 2.05) is 88.4 Å². The molecule has 3 aromatic rings. The number of aromatic nitrogens is 1. The molecule has 2 aliphatic rings. The summed E-state index contributed by atoms with van der Waals surface area (Å²) in [6.07, 6.45) is 2.31. The van der Waals surface area contributed by atoms with Crippen LogP contribution in [0.1, 0.15) is 77.1 Å². The molecule has 5 rings (SSSR count). The van der Waals surface area contributed by atoms with Gasteiger partial charge >= 0.3 is 5.95 Å². The van der Waals surface area contributed by atoms with Crippen LogP contribution in [0.5, 0.6) is 5.95 Å². The highest BCUT2D eigenvalue weighted by molar-refractivity contribution is 5.99. The molecule has 1 aromatic heterocycles. The molecule has 0 saturated carbocycles. The normalized spacial score (nSPS) is 20.9. The summed E-state index contributed by atoms with van der Waals surface area (Å²) in [5.41, 5.74) is 1.26. The second kappa shape index (κ2) is 18.3. The van der Waals surface area contributed by atoms with E-state index in [9.17, 15) is 24.0 Å². The summed E-state index contributed by atoms with van der Waals surface area (Å²) in [4.78, 5) is 70.5. The van der Waals surface area contributed by atoms with Gasteiger partial charge in [0.15, 0.2) is 5.78 Å². The fourth-order valence-corrected chi connectivity index (χ4v) is 6.83. The SMILES string of the molecule is CCCOc1cc(CC(=O)N[C@@H](CCc2ccccc2)C(=O)N[C@H]2CC(C)N([C@@H](Cc3ccccc3)C(=O)N[C@@H](CC(C)C)C(=O)C3(C)CO3)C2=O)no1. The molecule has 2 aromatic carbocycles. The number of rotatable bonds is 20. The van der Waals surface area contributed by atoms with Crippen molar-refractivity contribution in [3.8, 4) is 5.95 Å². The Kier molecular flexibility index (Phi) is 13.6. The van der Waals surface area contributed by atoms with Gasteiger partial charge in [-0.2, -0.15) is 0 Å². The molecule has 0 bridgehead atoms. The van der Waals surface area contributed by atoms with Crippen molar-refractivity contribution in [1.82, 2.24) is 26.0 Å². The average molecular weight is 744 g/mol. The first kappa shape index (κ1) is 40.2. The van der Waals surface area contributed by atoms with Gasteiger partial charge in [-0.3, -0.25) is 24.0 Å². The standard InChI is InChI=1S/C41H53N5O8/c1-6-19-52-36-24-30(45-54-36)23-35(47)42-31(18-17-28-13-9-7-10-14-28)38(49)44-33-21-27(4)46(40(33)51)34(22-29-15-11-8-12-16-29)39(50)43-32(20-26(2)3)37(48)41(5)25-53-41/h7-16,24,26-27,31-34H,6,17-23,25H2,1-5H3,(H,42,47)(H,43,50)(H,44,49)/t27?,31-,32-,33-,34-,41?/m0/s1. The van der Waals surface area contributed by atoms with E-state index in [0.29, 0.717) is 31.7 Å². The van der Waals surface area contributed by atoms with Crippen molar-refractivity contribution >= 4 is 29.4 Å². The van der Waals surface area contributed by atoms with Gasteiger partial charge in [0.2, 0.25) is 23.6 Å². The lowest BCUT2D eigenvalue weighted by molar-refractivity contribution is -0.142. The fraction of sp³-hybridized carbons (Fsp3) is 0.512. The van der Waals surface area contributed by atoms with Gasteiger partial charge in [-0.15, -0.1) is 0 Å². The molecule has 0 radical (unpaired) electrons. The Bertz CT molecular complexity index is 1740. The molecule has 2 aliphatic heterocycles. The van der Waals surface area contributed by atoms with Crippen LogP contribution in [0, 0.1) is 5.92 Å². The van der Waals surface area contributed by atoms with Crippen LogP contribution in [0.2, 0.25) is 0 Å². The summed E-state index contributed by atoms with van der Waals surface area (Å²) in [6.45, 7) is 10.2. The molecule has 6 atom stereocenters. The Hall–Kier alpha value is -5.04. The van der Waals surface area contributed by atoms with Gasteiger partial charge in [-0.25, -0.2) is 0 Å². The Balaban J connectivity index is 1.31. The summed E-state index contributed by atoms with van der Waals surface area (Å²) in [7, 11) is 0. The van der Waals surface area contributed by atoms with E-state index in [4.69, 9.17) is 14.0 Å². The maximum atomic E-state index is 14.2. The number of amides is 4. The highest BCUT2D eigenvalue weighted by Gasteiger charge is 2.51. The Morgan fingerprint density at radius 3 is 2.28 bits per heavy atom. The van der Waals surface area contributed by atoms with Gasteiger partial charge in [-0.1, -0.05) is 86.6 Å². The third-order valence-electron chi connectivity index (χ3n) is 9.81. The molecule has 2 unspecified atom stereocenters. The molecule has 0 aliphatic carbocycles. The zero-order valence-corrected chi connectivity index (χ0v) is 31.8. The molecule has 0 spiro atoms. The highest BCUT2D eigenvalue weighted by atomic mass is 16.6. The molecule has 3 heterocycles. The minimum absolute atomic E-state index is 0.115. The number of nitrogens with zero attached hydrogens (tertiary/aromatic N) is 2. The quantitative estimate of drug-likeness (QED) is 0.146. The number of epoxide rings is 1. The number of carbonyl (C=O) groups is 5. The van der Waals surface area contributed by atoms with Crippen molar-refractivity contribution < 1.29 is 38.0 Å². The van der Waals surface area contributed by atoms with Crippen molar-refractivity contribution in [3.05, 3.63) is 83.6 Å². The fourth-order valence-electron chi connectivity index (χ4n) is 6.83. The molecule has 2 fully saturated rings. The first-order chi connectivity index (χ1) is 25.9. The van der Waals surface area contributed by atoms with E-state index < -0.39 is 59.4 Å². The smallest absolute Gasteiger partial charge is 0.311 e. The Labute approximate surface area is 316 Å². The van der Waals surface area contributed by atoms with Gasteiger partial charge in [0.25, 0.3) is 0 Å². The maximum absolute atomic E-state index is 14.2. The number of ketones is 1. The van der Waals surface area contributed by atoms with Gasteiger partial charge in [-0.05, 0) is 63.0 Å². The number of carbonyl (C=O) groups excluding carboxylic acids is 5. The zero-order chi connectivity index (χ0) is 38.8. The number of hydrogen-bond acceptors (Lipinski definition) is 9. The van der Waals surface area contributed by atoms with Crippen molar-refractivity contribution in [2.45, 2.75) is 115 Å². The van der Waals surface area contributed by atoms with Crippen LogP contribution in [0.15, 0.2) is 71.3 Å². The number of hydrogen-bond donors (Lipinski definition) is 3. The van der Waals surface area contributed by atoms with E-state index in [1.54, 1.807) is 13.0 Å². The van der Waals surface area contributed by atoms with Crippen molar-refractivity contribution in [3.63, 3.8) is 0 Å². The van der Waals surface area contributed by atoms with E-state index >= 15 is 0 Å². The minimum Gasteiger partial charge on any atom is -0.464 e. The van der Waals surface area contributed by atoms with E-state index in [2.05, 4.69) is 21.1 Å². The lowest BCUT2D eigenvalue weighted by Gasteiger charge is -2.33. The third kappa shape index (κ3) is 10.8. The zero-order valence-electron chi connectivity index (χ0n) is 31.8. The number of ether oxygens (including phenoxy) is 2. The maximum Gasteiger partial charge on any atom is 0.311 e. The van der Waals surface area contributed by atoms with E-state index in [-0.39, 0.29) is 43.3 Å². The number of aryl methyl sites for hydroxylation is 1. The molecule has 4 amide bonds. The third-order valence-corrected chi connectivity index (χ3v) is 9.81. The van der Waals surface area contributed by atoms with Crippen LogP contribution in [0.25, 0.3) is 0 Å². The second-order valence-corrected chi connectivity index (χ2v) is 15.0. The molecule has 54 heavy (non-hydrogen) atoms. The molecule has 13 heteroatoms. The number of nitrogens with one attached hydrogen (secondary N) is 3. The molecule has 13 nitrogen and oxygen atoms in total. The number of Topliss-reactive ketones (excluding diaryl/α,β-unsaturated/α-hetero) is 1. The van der Waals surface area contributed by atoms with Gasteiger partial charge < -0.3 is 34.8 Å². The lowest BCUT2D eigenvalue weighted by Crippen LogP contribution is -2.57. The van der Waals surface area contributed by atoms with E-state index in [0.717, 1.165) is 17.5 Å². The van der Waals surface area contributed by atoms with Crippen LogP contribution in [-0.2, 0) is 48.0 Å². The summed E-state index contributed by atoms with van der Waals surface area (Å²) < 4.78 is 16.0. The number of benzene rings is 2. The first-order valence-electron chi connectivity index (χ1n) is 18.9. The average Bonchev–Trinajstić information content (AvgIpc) is 3.65. The molecule has 2 saturated heterocycles. The van der Waals surface area contributed by atoms with Crippen LogP contribution in [-0.4, -0.2) is 88.5 Å². The number of likely N-dealkylation sites (tertiary alicyclic amines) is 1. The lowest BCUT2D eigenvalue weighted by atomic mass is 9.92. The highest BCUT2D eigenvalue weighted by Crippen LogP contribution is 2.30. The molecule has 290 valence electrons. The Morgan fingerprint density at radius 1 is 0.981 bits per heavy atom. The predicted molar refractivity (Wildman–Crippen MR) is 200 cm³/mol. The predicted octanol–water partition coefficient (Wildman–Crippen LogP) is 3.73. The topological polar surface area (TPSA) is 172 Å². The molecular formula is C41H53N5O8. The van der Waals surface area contributed by atoms with Gasteiger partial charge in [0.05, 0.1) is 31.4 Å². The van der Waals surface area contributed by atoms with Crippen LogP contribution >= 0.6 is 0 Å². The van der Waals surface area contributed by atoms with Crippen molar-refractivity contribution in [1.29, 1.82) is 0 Å². The van der Waals surface area contributed by atoms with Crippen molar-refractivity contribution in [2.24, 2.45) is 5.92 Å². The summed E-state index contributed by atoms with van der Waals surface area (Å²) in [6, 6.07) is 16.5. The molecule has 3 N–H and O–H groups in total. The van der Waals surface area contributed by atoms with Crippen LogP contribution in [0.3, 0.4) is 0 Å². The summed E-state index contributed by atoms with van der Waals surface area (Å²) in [5.74, 6) is -1.67. The first-order valence-corrected chi connectivity index (χ1v) is 18.9. The van der Waals surface area contributed by atoms with E-state index in [1.165, 1.54) is 4.90 Å². The monoisotopic (exact) mass is 743 g/mol. The minimum atomic E-state index is -0.963.